The third-order valence-electron chi connectivity index (χ3n) is 26.9. The second kappa shape index (κ2) is 42.1. The number of nitrogens with zero attached hydrogens (tertiary/aromatic N) is 10. The highest BCUT2D eigenvalue weighted by Gasteiger charge is 2.25. The Bertz CT molecular complexity index is 8890. The van der Waals surface area contributed by atoms with E-state index in [0.717, 1.165) is 151 Å². The lowest BCUT2D eigenvalue weighted by molar-refractivity contribution is 0.825. The van der Waals surface area contributed by atoms with Gasteiger partial charge in [-0.3, -0.25) is 0 Å². The Morgan fingerprint density at radius 2 is 0.359 bits per heavy atom. The van der Waals surface area contributed by atoms with Crippen molar-refractivity contribution in [1.29, 1.82) is 0 Å². The van der Waals surface area contributed by atoms with Gasteiger partial charge in [0.05, 0.1) is 112 Å². The molecule has 700 valence electrons. The molecule has 20 aromatic carbocycles. The number of benzene rings is 20. The fourth-order valence-corrected chi connectivity index (χ4v) is 19.4. The average Bonchev–Trinajstić information content (AvgIpc) is 0.737. The van der Waals surface area contributed by atoms with Crippen molar-refractivity contribution in [1.82, 2.24) is 49.8 Å². The van der Waals surface area contributed by atoms with Gasteiger partial charge in [-0.05, 0) is 183 Å². The smallest absolute Gasteiger partial charge is 0.0972 e. The summed E-state index contributed by atoms with van der Waals surface area (Å²) >= 11 is 0. The third-order valence-corrected chi connectivity index (χ3v) is 26.9. The van der Waals surface area contributed by atoms with Gasteiger partial charge < -0.3 is 0 Å². The average molecular weight is 1870 g/mol. The van der Waals surface area contributed by atoms with Crippen molar-refractivity contribution in [2.45, 2.75) is 98.8 Å². The van der Waals surface area contributed by atoms with Crippen LogP contribution in [0.15, 0.2) is 455 Å². The summed E-state index contributed by atoms with van der Waals surface area (Å²) in [5, 5.41) is 11.9. The Morgan fingerprint density at radius 1 is 0.131 bits per heavy atom. The molecule has 0 amide bonds. The van der Waals surface area contributed by atoms with E-state index in [1.54, 1.807) is 0 Å². The van der Waals surface area contributed by atoms with Crippen LogP contribution >= 0.6 is 0 Å². The highest BCUT2D eigenvalue weighted by molar-refractivity contribution is 6.07. The molecule has 0 saturated heterocycles. The third kappa shape index (κ3) is 20.2. The van der Waals surface area contributed by atoms with Crippen LogP contribution in [-0.2, 0) is 0 Å². The van der Waals surface area contributed by atoms with Crippen molar-refractivity contribution in [2.24, 2.45) is 0 Å². The standard InChI is InChI=1S/5C27H22N2/c1-18(2)25-27(23-15-9-8-13-21(23)19-10-4-3-5-11-19)28-24-17-16-20-12-6-7-14-22(20)26(24)29-25;1-18(2)26-27(23-15-9-8-14-22(23)19-10-4-3-5-11-19)29-25-17-21-13-7-6-12-20(21)16-24(25)28-26;1-18(2)26-27(23-14-8-13-20(15-23)19-9-4-3-5-10-19)29-25-17-22-12-7-6-11-21(22)16-24(25)28-26;1-18(2)26-27(21-14-12-20(13-15-21)19-8-4-3-5-9-19)29-25-17-23-11-7-6-10-22(23)16-24(25)28-26;1-18(2)25-26(22-14-12-20(13-15-22)19-8-4-3-5-9-19)29-27-23-11-7-6-10-21(23)16-17-24(27)28-25/h5*3-18H,1-2H3. The summed E-state index contributed by atoms with van der Waals surface area (Å²) in [6.07, 6.45) is 0. The van der Waals surface area contributed by atoms with Crippen LogP contribution in [0.4, 0.5) is 0 Å². The lowest BCUT2D eigenvalue weighted by atomic mass is 9.94. The highest BCUT2D eigenvalue weighted by atomic mass is 14.9. The second-order valence-corrected chi connectivity index (χ2v) is 38.6. The molecule has 5 heterocycles. The van der Waals surface area contributed by atoms with Gasteiger partial charge in [0.2, 0.25) is 0 Å². The summed E-state index contributed by atoms with van der Waals surface area (Å²) in [7, 11) is 0. The largest absolute Gasteiger partial charge is 0.249 e. The molecule has 0 N–H and O–H groups in total. The van der Waals surface area contributed by atoms with Crippen molar-refractivity contribution < 1.29 is 0 Å². The summed E-state index contributed by atoms with van der Waals surface area (Å²) in [5.41, 5.74) is 37.2. The van der Waals surface area contributed by atoms with E-state index in [4.69, 9.17) is 49.8 Å². The van der Waals surface area contributed by atoms with Crippen LogP contribution in [0, 0.1) is 0 Å². The number of fused-ring (bicyclic) bond motifs is 12. The summed E-state index contributed by atoms with van der Waals surface area (Å²) < 4.78 is 0. The van der Waals surface area contributed by atoms with Crippen molar-refractivity contribution in [3.05, 3.63) is 483 Å². The minimum atomic E-state index is 0.268. The maximum absolute atomic E-state index is 5.15. The zero-order valence-electron chi connectivity index (χ0n) is 83.2. The van der Waals surface area contributed by atoms with Crippen LogP contribution in [0.2, 0.25) is 0 Å². The molecule has 0 aliphatic carbocycles. The van der Waals surface area contributed by atoms with E-state index in [-0.39, 0.29) is 17.8 Å². The van der Waals surface area contributed by atoms with E-state index in [1.165, 1.54) is 98.7 Å². The van der Waals surface area contributed by atoms with Gasteiger partial charge in [0.1, 0.15) is 0 Å². The van der Waals surface area contributed by atoms with Gasteiger partial charge in [-0.1, -0.05) is 470 Å². The molecule has 0 bridgehead atoms. The van der Waals surface area contributed by atoms with Crippen LogP contribution < -0.4 is 0 Å². The van der Waals surface area contributed by atoms with E-state index in [9.17, 15) is 0 Å². The predicted molar refractivity (Wildman–Crippen MR) is 610 cm³/mol. The molecule has 0 radical (unpaired) electrons. The molecule has 0 atom stereocenters. The zero-order valence-corrected chi connectivity index (χ0v) is 83.2. The van der Waals surface area contributed by atoms with Crippen LogP contribution in [0.1, 0.15) is 127 Å². The van der Waals surface area contributed by atoms with Crippen molar-refractivity contribution in [2.75, 3.05) is 0 Å². The Hall–Kier alpha value is -17.6. The van der Waals surface area contributed by atoms with Gasteiger partial charge >= 0.3 is 0 Å². The van der Waals surface area contributed by atoms with Gasteiger partial charge in [-0.2, -0.15) is 0 Å². The first kappa shape index (κ1) is 93.7. The van der Waals surface area contributed by atoms with Crippen molar-refractivity contribution in [3.63, 3.8) is 0 Å². The number of aromatic nitrogens is 10. The number of hydrogen-bond acceptors (Lipinski definition) is 10. The number of rotatable bonds is 15. The van der Waals surface area contributed by atoms with Gasteiger partial charge in [-0.25, -0.2) is 49.8 Å². The maximum Gasteiger partial charge on any atom is 0.0972 e. The lowest BCUT2D eigenvalue weighted by Crippen LogP contribution is -2.02. The lowest BCUT2D eigenvalue weighted by Gasteiger charge is -2.16. The molecule has 10 heteroatoms. The summed E-state index contributed by atoms with van der Waals surface area (Å²) in [5.74, 6) is 1.42. The zero-order chi connectivity index (χ0) is 99.0. The predicted octanol–water partition coefficient (Wildman–Crippen LogP) is 36.2. The maximum atomic E-state index is 5.15. The van der Waals surface area contributed by atoms with E-state index >= 15 is 0 Å². The molecule has 0 saturated carbocycles. The van der Waals surface area contributed by atoms with Crippen molar-refractivity contribution in [3.8, 4) is 112 Å². The molecule has 25 rings (SSSR count). The fraction of sp³-hybridized carbons (Fsp3) is 0.111. The molecular weight excluding hydrogens is 1760 g/mol. The Labute approximate surface area is 847 Å². The van der Waals surface area contributed by atoms with Crippen LogP contribution in [0.3, 0.4) is 0 Å². The number of hydrogen-bond donors (Lipinski definition) is 0. The quantitative estimate of drug-likeness (QED) is 0.0723. The molecule has 0 spiro atoms. The first-order valence-corrected chi connectivity index (χ1v) is 50.3. The topological polar surface area (TPSA) is 129 Å². The second-order valence-electron chi connectivity index (χ2n) is 38.6. The van der Waals surface area contributed by atoms with Crippen LogP contribution in [0.5, 0.6) is 0 Å². The summed E-state index contributed by atoms with van der Waals surface area (Å²) in [4.78, 5) is 50.9. The van der Waals surface area contributed by atoms with Crippen molar-refractivity contribution >= 4 is 109 Å². The van der Waals surface area contributed by atoms with Gasteiger partial charge in [0.25, 0.3) is 0 Å². The molecule has 145 heavy (non-hydrogen) atoms. The fourth-order valence-electron chi connectivity index (χ4n) is 19.4. The van der Waals surface area contributed by atoms with Gasteiger partial charge in [0, 0.05) is 38.6 Å². The summed E-state index contributed by atoms with van der Waals surface area (Å²) in [6.45, 7) is 21.8. The summed E-state index contributed by atoms with van der Waals surface area (Å²) in [6, 6.07) is 159. The molecule has 0 aliphatic rings. The van der Waals surface area contributed by atoms with E-state index in [2.05, 4.69) is 494 Å². The molecule has 0 aliphatic heterocycles. The Kier molecular flexibility index (Phi) is 27.2. The first-order chi connectivity index (χ1) is 71.0. The minimum absolute atomic E-state index is 0.268. The Balaban J connectivity index is 0.000000107. The monoisotopic (exact) mass is 1870 g/mol. The van der Waals surface area contributed by atoms with Crippen LogP contribution in [-0.4, -0.2) is 49.8 Å². The van der Waals surface area contributed by atoms with E-state index < -0.39 is 0 Å². The first-order valence-electron chi connectivity index (χ1n) is 50.3. The highest BCUT2D eigenvalue weighted by Crippen LogP contribution is 2.43. The molecule has 5 aromatic heterocycles. The molecule has 25 aromatic rings. The van der Waals surface area contributed by atoms with Crippen LogP contribution in [0.25, 0.3) is 221 Å². The molecule has 0 unspecified atom stereocenters. The molecular formula is C135H110N10. The van der Waals surface area contributed by atoms with E-state index in [0.29, 0.717) is 11.8 Å². The Morgan fingerprint density at radius 3 is 0.724 bits per heavy atom. The van der Waals surface area contributed by atoms with Gasteiger partial charge in [-0.15, -0.1) is 0 Å². The minimum Gasteiger partial charge on any atom is -0.249 e. The van der Waals surface area contributed by atoms with E-state index in [1.807, 2.05) is 30.3 Å². The van der Waals surface area contributed by atoms with Gasteiger partial charge in [0.15, 0.2) is 0 Å². The normalized spacial score (nSPS) is 11.4. The SMILES string of the molecule is CC(C)c1nc2c(ccc3ccccc32)nc1-c1ccccc1-c1ccccc1.CC(C)c1nc2cc3ccccc3cc2nc1-c1ccc(-c2ccccc2)cc1.CC(C)c1nc2cc3ccccc3cc2nc1-c1cccc(-c2ccccc2)c1.CC(C)c1nc2cc3ccccc3cc2nc1-c1ccccc1-c1ccccc1.CC(C)c1nc2ccc3ccccc3c2nc1-c1ccc(-c2ccccc2)cc1. The molecule has 10 nitrogen and oxygen atoms in total. The molecule has 0 fully saturated rings.